The molecule has 7 heteroatoms. The molecule has 1 atom stereocenters. The van der Waals surface area contributed by atoms with Gasteiger partial charge in [-0.2, -0.15) is 4.98 Å². The highest BCUT2D eigenvalue weighted by atomic mass is 16.5. The molecule has 1 aliphatic rings. The Hall–Kier alpha value is -2.28. The highest BCUT2D eigenvalue weighted by Gasteiger charge is 2.26. The van der Waals surface area contributed by atoms with Crippen LogP contribution in [0.5, 0.6) is 11.8 Å². The van der Waals surface area contributed by atoms with Crippen molar-refractivity contribution in [3.8, 4) is 11.8 Å². The molecule has 1 aromatic carbocycles. The molecule has 1 N–H and O–H groups in total. The van der Waals surface area contributed by atoms with Gasteiger partial charge in [0.15, 0.2) is 0 Å². The van der Waals surface area contributed by atoms with Gasteiger partial charge in [-0.15, -0.1) is 0 Å². The van der Waals surface area contributed by atoms with Crippen LogP contribution < -0.4 is 14.8 Å². The third-order valence-electron chi connectivity index (χ3n) is 5.38. The van der Waals surface area contributed by atoms with Crippen LogP contribution in [0.4, 0.5) is 0 Å². The second kappa shape index (κ2) is 10.2. The van der Waals surface area contributed by atoms with Gasteiger partial charge in [0.25, 0.3) is 6.01 Å². The minimum Gasteiger partial charge on any atom is -0.494 e. The zero-order chi connectivity index (χ0) is 21.7. The van der Waals surface area contributed by atoms with Gasteiger partial charge in [0.05, 0.1) is 30.4 Å². The summed E-state index contributed by atoms with van der Waals surface area (Å²) in [6.45, 7) is 10.9. The Bertz CT molecular complexity index is 840. The Balaban J connectivity index is 1.60. The van der Waals surface area contributed by atoms with E-state index in [4.69, 9.17) is 19.2 Å². The van der Waals surface area contributed by atoms with Crippen LogP contribution in [0.25, 0.3) is 11.0 Å². The number of carbonyl (C=O) groups excluding carboxylic acids is 1. The summed E-state index contributed by atoms with van der Waals surface area (Å²) in [6.07, 6.45) is 4.13. The summed E-state index contributed by atoms with van der Waals surface area (Å²) < 4.78 is 20.2. The van der Waals surface area contributed by atoms with Crippen molar-refractivity contribution in [1.82, 2.24) is 14.9 Å². The quantitative estimate of drug-likeness (QED) is 0.660. The van der Waals surface area contributed by atoms with E-state index in [0.717, 1.165) is 42.5 Å². The summed E-state index contributed by atoms with van der Waals surface area (Å²) in [7, 11) is 0. The lowest BCUT2D eigenvalue weighted by atomic mass is 9.95. The van der Waals surface area contributed by atoms with Gasteiger partial charge in [0.1, 0.15) is 11.9 Å². The highest BCUT2D eigenvalue weighted by molar-refractivity contribution is 5.78. The van der Waals surface area contributed by atoms with Crippen molar-refractivity contribution >= 4 is 16.9 Å². The summed E-state index contributed by atoms with van der Waals surface area (Å²) >= 11 is 0. The molecular formula is C23H35N3O4. The van der Waals surface area contributed by atoms with E-state index in [-0.39, 0.29) is 30.2 Å². The Morgan fingerprint density at radius 2 is 1.90 bits per heavy atom. The number of imidazole rings is 1. The van der Waals surface area contributed by atoms with Gasteiger partial charge in [-0.05, 0) is 65.5 Å². The fraction of sp³-hybridized carbons (Fsp3) is 0.652. The van der Waals surface area contributed by atoms with Gasteiger partial charge in [-0.1, -0.05) is 0 Å². The fourth-order valence-corrected chi connectivity index (χ4v) is 4.02. The van der Waals surface area contributed by atoms with Crippen LogP contribution in [0.3, 0.4) is 0 Å². The summed E-state index contributed by atoms with van der Waals surface area (Å²) in [5.74, 6) is 0.828. The number of aromatic nitrogens is 2. The maximum atomic E-state index is 11.1. The predicted octanol–water partition coefficient (Wildman–Crippen LogP) is 4.25. The average molecular weight is 418 g/mol. The van der Waals surface area contributed by atoms with Crippen LogP contribution in [0.1, 0.15) is 66.3 Å². The molecule has 0 unspecified atom stereocenters. The molecular weight excluding hydrogens is 382 g/mol. The van der Waals surface area contributed by atoms with Crippen molar-refractivity contribution in [3.05, 3.63) is 18.2 Å². The predicted molar refractivity (Wildman–Crippen MR) is 117 cm³/mol. The molecule has 166 valence electrons. The molecule has 0 bridgehead atoms. The standard InChI is InChI=1S/C23H35N3O4/c1-6-28-20-11-12-21-22(13-20)26(15(2)3)23(25-21)30-19-9-7-18(8-10-19)29-14-16(4)24-17(5)27/h11-13,15-16,18-19H,6-10,14H2,1-5H3,(H,24,27)/t16-,18?,19?/m0/s1. The number of hydrogen-bond acceptors (Lipinski definition) is 5. The molecule has 1 saturated carbocycles. The number of benzene rings is 1. The van der Waals surface area contributed by atoms with E-state index in [9.17, 15) is 4.79 Å². The van der Waals surface area contributed by atoms with E-state index in [2.05, 4.69) is 23.7 Å². The molecule has 0 spiro atoms. The summed E-state index contributed by atoms with van der Waals surface area (Å²) in [5, 5.41) is 2.86. The average Bonchev–Trinajstić information content (AvgIpc) is 3.04. The Kier molecular flexibility index (Phi) is 7.58. The molecule has 1 amide bonds. The first-order chi connectivity index (χ1) is 14.4. The monoisotopic (exact) mass is 417 g/mol. The van der Waals surface area contributed by atoms with Crippen LogP contribution >= 0.6 is 0 Å². The largest absolute Gasteiger partial charge is 0.494 e. The SMILES string of the molecule is CCOc1ccc2nc(OC3CCC(OC[C@H](C)NC(C)=O)CC3)n(C(C)C)c2c1. The topological polar surface area (TPSA) is 74.6 Å². The number of rotatable bonds is 9. The first kappa shape index (κ1) is 22.4. The Morgan fingerprint density at radius 3 is 2.53 bits per heavy atom. The van der Waals surface area contributed by atoms with Crippen molar-refractivity contribution < 1.29 is 19.0 Å². The van der Waals surface area contributed by atoms with Crippen molar-refractivity contribution in [2.75, 3.05) is 13.2 Å². The van der Waals surface area contributed by atoms with Crippen molar-refractivity contribution in [2.24, 2.45) is 0 Å². The Morgan fingerprint density at radius 1 is 1.20 bits per heavy atom. The Labute approximate surface area is 179 Å². The summed E-state index contributed by atoms with van der Waals surface area (Å²) in [5.41, 5.74) is 1.96. The number of carbonyl (C=O) groups is 1. The van der Waals surface area contributed by atoms with E-state index < -0.39 is 0 Å². The van der Waals surface area contributed by atoms with Crippen LogP contribution in [-0.2, 0) is 9.53 Å². The number of ether oxygens (including phenoxy) is 3. The lowest BCUT2D eigenvalue weighted by molar-refractivity contribution is -0.120. The van der Waals surface area contributed by atoms with Crippen LogP contribution in [0.15, 0.2) is 18.2 Å². The van der Waals surface area contributed by atoms with Crippen molar-refractivity contribution in [2.45, 2.75) is 84.6 Å². The maximum Gasteiger partial charge on any atom is 0.297 e. The van der Waals surface area contributed by atoms with Crippen LogP contribution in [0, 0.1) is 0 Å². The van der Waals surface area contributed by atoms with Gasteiger partial charge >= 0.3 is 0 Å². The molecule has 3 rings (SSSR count). The summed E-state index contributed by atoms with van der Waals surface area (Å²) in [6, 6.07) is 6.93. The maximum absolute atomic E-state index is 11.1. The van der Waals surface area contributed by atoms with Crippen molar-refractivity contribution in [1.29, 1.82) is 0 Å². The minimum absolute atomic E-state index is 0.0235. The molecule has 0 saturated heterocycles. The number of amides is 1. The molecule has 1 heterocycles. The lowest BCUT2D eigenvalue weighted by Crippen LogP contribution is -2.37. The van der Waals surface area contributed by atoms with Crippen LogP contribution in [0.2, 0.25) is 0 Å². The first-order valence-corrected chi connectivity index (χ1v) is 11.1. The van der Waals surface area contributed by atoms with Crippen LogP contribution in [-0.4, -0.2) is 46.9 Å². The fourth-order valence-electron chi connectivity index (χ4n) is 4.02. The number of hydrogen-bond donors (Lipinski definition) is 1. The normalized spacial score (nSPS) is 20.3. The zero-order valence-electron chi connectivity index (χ0n) is 18.8. The van der Waals surface area contributed by atoms with E-state index in [0.29, 0.717) is 19.2 Å². The minimum atomic E-state index is -0.0235. The van der Waals surface area contributed by atoms with Crippen molar-refractivity contribution in [3.63, 3.8) is 0 Å². The number of fused-ring (bicyclic) bond motifs is 1. The lowest BCUT2D eigenvalue weighted by Gasteiger charge is -2.29. The molecule has 1 aromatic heterocycles. The molecule has 7 nitrogen and oxygen atoms in total. The molecule has 30 heavy (non-hydrogen) atoms. The third-order valence-corrected chi connectivity index (χ3v) is 5.38. The van der Waals surface area contributed by atoms with Gasteiger partial charge in [-0.3, -0.25) is 9.36 Å². The highest BCUT2D eigenvalue weighted by Crippen LogP contribution is 2.32. The molecule has 0 aliphatic heterocycles. The van der Waals surface area contributed by atoms with E-state index in [1.54, 1.807) is 0 Å². The smallest absolute Gasteiger partial charge is 0.297 e. The summed E-state index contributed by atoms with van der Waals surface area (Å²) in [4.78, 5) is 15.9. The second-order valence-electron chi connectivity index (χ2n) is 8.39. The van der Waals surface area contributed by atoms with Gasteiger partial charge in [-0.25, -0.2) is 0 Å². The van der Waals surface area contributed by atoms with Gasteiger partial charge in [0.2, 0.25) is 5.91 Å². The van der Waals surface area contributed by atoms with E-state index >= 15 is 0 Å². The first-order valence-electron chi connectivity index (χ1n) is 11.1. The van der Waals surface area contributed by atoms with E-state index in [1.807, 2.05) is 32.0 Å². The number of nitrogens with zero attached hydrogens (tertiary/aromatic N) is 2. The molecule has 2 aromatic rings. The van der Waals surface area contributed by atoms with Gasteiger partial charge in [0, 0.05) is 25.1 Å². The zero-order valence-corrected chi connectivity index (χ0v) is 18.8. The molecule has 0 radical (unpaired) electrons. The third kappa shape index (κ3) is 5.65. The van der Waals surface area contributed by atoms with E-state index in [1.165, 1.54) is 6.92 Å². The molecule has 1 fully saturated rings. The second-order valence-corrected chi connectivity index (χ2v) is 8.39. The van der Waals surface area contributed by atoms with Gasteiger partial charge < -0.3 is 19.5 Å². The molecule has 1 aliphatic carbocycles. The number of nitrogens with one attached hydrogen (secondary N) is 1.